The smallest absolute Gasteiger partial charge is 0.314 e. The number of ether oxygens (including phenoxy) is 1. The van der Waals surface area contributed by atoms with Gasteiger partial charge in [-0.3, -0.25) is 4.79 Å². The zero-order valence-corrected chi connectivity index (χ0v) is 14.5. The molecule has 0 atom stereocenters. The van der Waals surface area contributed by atoms with Gasteiger partial charge in [-0.05, 0) is 43.7 Å². The van der Waals surface area contributed by atoms with Crippen LogP contribution in [0.5, 0.6) is 5.75 Å². The second kappa shape index (κ2) is 9.75. The maximum Gasteiger partial charge on any atom is 0.314 e. The van der Waals surface area contributed by atoms with Crippen molar-refractivity contribution in [2.75, 3.05) is 0 Å². The van der Waals surface area contributed by atoms with Crippen molar-refractivity contribution in [3.05, 3.63) is 29.8 Å². The predicted molar refractivity (Wildman–Crippen MR) is 90.8 cm³/mol. The van der Waals surface area contributed by atoms with E-state index in [4.69, 9.17) is 4.74 Å². The molecule has 0 N–H and O–H groups in total. The second-order valence-electron chi connectivity index (χ2n) is 6.92. The number of rotatable bonds is 8. The van der Waals surface area contributed by atoms with Crippen LogP contribution in [-0.4, -0.2) is 5.97 Å². The molecule has 1 aliphatic carbocycles. The van der Waals surface area contributed by atoms with Crippen LogP contribution in [0.3, 0.4) is 0 Å². The van der Waals surface area contributed by atoms with Crippen LogP contribution in [0.4, 0.5) is 8.78 Å². The molecule has 2 rings (SSSR count). The molecule has 2 nitrogen and oxygen atoms in total. The Bertz CT molecular complexity index is 522. The average Bonchev–Trinajstić information content (AvgIpc) is 2.57. The van der Waals surface area contributed by atoms with Crippen molar-refractivity contribution >= 4 is 5.97 Å². The largest absolute Gasteiger partial charge is 0.423 e. The van der Waals surface area contributed by atoms with Gasteiger partial charge in [0, 0.05) is 6.07 Å². The Hall–Kier alpha value is -1.45. The Morgan fingerprint density at radius 2 is 1.79 bits per heavy atom. The van der Waals surface area contributed by atoms with Gasteiger partial charge in [-0.15, -0.1) is 0 Å². The van der Waals surface area contributed by atoms with Crippen LogP contribution in [0.2, 0.25) is 0 Å². The van der Waals surface area contributed by atoms with Crippen molar-refractivity contribution in [3.63, 3.8) is 0 Å². The highest BCUT2D eigenvalue weighted by Gasteiger charge is 2.28. The standard InChI is InChI=1S/C20H28F2O2/c1-2-3-4-5-6-7-15-8-10-16(11-9-15)20(23)24-19-13-12-17(21)14-18(19)22/h12-16H,2-11H2,1H3. The van der Waals surface area contributed by atoms with Crippen molar-refractivity contribution in [1.82, 2.24) is 0 Å². The number of carbonyl (C=O) groups excluding carboxylic acids is 1. The Kier molecular flexibility index (Phi) is 7.67. The molecule has 1 aromatic carbocycles. The van der Waals surface area contributed by atoms with E-state index in [-0.39, 0.29) is 17.6 Å². The number of benzene rings is 1. The Morgan fingerprint density at radius 3 is 2.46 bits per heavy atom. The monoisotopic (exact) mass is 338 g/mol. The molecule has 0 bridgehead atoms. The first-order chi connectivity index (χ1) is 11.6. The Balaban J connectivity index is 1.70. The van der Waals surface area contributed by atoms with Crippen LogP contribution in [0.1, 0.15) is 71.1 Å². The number of carbonyl (C=O) groups is 1. The molecule has 0 aliphatic heterocycles. The summed E-state index contributed by atoms with van der Waals surface area (Å²) in [5.41, 5.74) is 0. The summed E-state index contributed by atoms with van der Waals surface area (Å²) in [5, 5.41) is 0. The summed E-state index contributed by atoms with van der Waals surface area (Å²) in [5.74, 6) is -1.53. The van der Waals surface area contributed by atoms with Gasteiger partial charge in [0.15, 0.2) is 11.6 Å². The van der Waals surface area contributed by atoms with E-state index < -0.39 is 11.6 Å². The van der Waals surface area contributed by atoms with Crippen LogP contribution < -0.4 is 4.74 Å². The fourth-order valence-electron chi connectivity index (χ4n) is 3.47. The van der Waals surface area contributed by atoms with Crippen molar-refractivity contribution in [1.29, 1.82) is 0 Å². The molecule has 0 saturated heterocycles. The number of hydrogen-bond donors (Lipinski definition) is 0. The van der Waals surface area contributed by atoms with Gasteiger partial charge in [0.05, 0.1) is 5.92 Å². The maximum absolute atomic E-state index is 13.6. The van der Waals surface area contributed by atoms with Gasteiger partial charge >= 0.3 is 5.97 Å². The van der Waals surface area contributed by atoms with Gasteiger partial charge in [-0.2, -0.15) is 0 Å². The lowest BCUT2D eigenvalue weighted by Gasteiger charge is -2.27. The van der Waals surface area contributed by atoms with Gasteiger partial charge in [0.1, 0.15) is 5.82 Å². The third kappa shape index (κ3) is 5.88. The highest BCUT2D eigenvalue weighted by molar-refractivity contribution is 5.75. The molecule has 134 valence electrons. The number of hydrogen-bond acceptors (Lipinski definition) is 2. The Labute approximate surface area is 143 Å². The summed E-state index contributed by atoms with van der Waals surface area (Å²) in [6, 6.07) is 3.00. The molecule has 0 heterocycles. The number of halogens is 2. The Morgan fingerprint density at radius 1 is 1.08 bits per heavy atom. The van der Waals surface area contributed by atoms with E-state index in [1.807, 2.05) is 0 Å². The van der Waals surface area contributed by atoms with E-state index in [9.17, 15) is 13.6 Å². The summed E-state index contributed by atoms with van der Waals surface area (Å²) in [4.78, 5) is 12.2. The normalized spacial score (nSPS) is 20.8. The minimum atomic E-state index is -0.830. The number of unbranched alkanes of at least 4 members (excludes halogenated alkanes) is 4. The first kappa shape index (κ1) is 18.9. The molecule has 0 radical (unpaired) electrons. The lowest BCUT2D eigenvalue weighted by Crippen LogP contribution is -2.26. The molecule has 1 aromatic rings. The molecular weight excluding hydrogens is 310 g/mol. The van der Waals surface area contributed by atoms with Crippen LogP contribution in [0, 0.1) is 23.5 Å². The molecule has 0 spiro atoms. The van der Waals surface area contributed by atoms with Crippen LogP contribution in [0.15, 0.2) is 18.2 Å². The van der Waals surface area contributed by atoms with Crippen molar-refractivity contribution in [2.24, 2.45) is 11.8 Å². The second-order valence-corrected chi connectivity index (χ2v) is 6.92. The summed E-state index contributed by atoms with van der Waals surface area (Å²) < 4.78 is 31.5. The molecular formula is C20H28F2O2. The van der Waals surface area contributed by atoms with Gasteiger partial charge in [0.2, 0.25) is 0 Å². The predicted octanol–water partition coefficient (Wildman–Crippen LogP) is 6.04. The van der Waals surface area contributed by atoms with Crippen molar-refractivity contribution in [3.8, 4) is 5.75 Å². The zero-order valence-electron chi connectivity index (χ0n) is 14.5. The van der Waals surface area contributed by atoms with Gasteiger partial charge in [0.25, 0.3) is 0 Å². The number of esters is 1. The molecule has 1 fully saturated rings. The van der Waals surface area contributed by atoms with Crippen LogP contribution in [0.25, 0.3) is 0 Å². The van der Waals surface area contributed by atoms with Crippen molar-refractivity contribution in [2.45, 2.75) is 71.1 Å². The third-order valence-electron chi connectivity index (χ3n) is 5.00. The maximum atomic E-state index is 13.6. The van der Waals surface area contributed by atoms with Crippen LogP contribution >= 0.6 is 0 Å². The molecule has 0 aromatic heterocycles. The molecule has 1 aliphatic rings. The van der Waals surface area contributed by atoms with E-state index >= 15 is 0 Å². The minimum absolute atomic E-state index is 0.161. The third-order valence-corrected chi connectivity index (χ3v) is 5.00. The minimum Gasteiger partial charge on any atom is -0.423 e. The fraction of sp³-hybridized carbons (Fsp3) is 0.650. The van der Waals surface area contributed by atoms with Gasteiger partial charge < -0.3 is 4.74 Å². The summed E-state index contributed by atoms with van der Waals surface area (Å²) >= 11 is 0. The van der Waals surface area contributed by atoms with E-state index in [2.05, 4.69) is 6.92 Å². The quantitative estimate of drug-likeness (QED) is 0.328. The topological polar surface area (TPSA) is 26.3 Å². The molecule has 0 unspecified atom stereocenters. The summed E-state index contributed by atoms with van der Waals surface area (Å²) in [7, 11) is 0. The highest BCUT2D eigenvalue weighted by Crippen LogP contribution is 2.33. The highest BCUT2D eigenvalue weighted by atomic mass is 19.1. The molecule has 0 amide bonds. The zero-order chi connectivity index (χ0) is 17.4. The summed E-state index contributed by atoms with van der Waals surface area (Å²) in [6.07, 6.45) is 11.4. The lowest BCUT2D eigenvalue weighted by molar-refractivity contribution is -0.140. The van der Waals surface area contributed by atoms with Gasteiger partial charge in [-0.1, -0.05) is 45.4 Å². The SMILES string of the molecule is CCCCCCCC1CCC(C(=O)Oc2ccc(F)cc2F)CC1. The average molecular weight is 338 g/mol. The van der Waals surface area contributed by atoms with Gasteiger partial charge in [-0.25, -0.2) is 8.78 Å². The van der Waals surface area contributed by atoms with E-state index in [1.54, 1.807) is 0 Å². The van der Waals surface area contributed by atoms with E-state index in [0.29, 0.717) is 5.92 Å². The summed E-state index contributed by atoms with van der Waals surface area (Å²) in [6.45, 7) is 2.22. The molecule has 24 heavy (non-hydrogen) atoms. The molecule has 1 saturated carbocycles. The fourth-order valence-corrected chi connectivity index (χ4v) is 3.47. The van der Waals surface area contributed by atoms with E-state index in [1.165, 1.54) is 44.6 Å². The molecule has 4 heteroatoms. The van der Waals surface area contributed by atoms with E-state index in [0.717, 1.165) is 37.8 Å². The first-order valence-electron chi connectivity index (χ1n) is 9.27. The first-order valence-corrected chi connectivity index (χ1v) is 9.27. The van der Waals surface area contributed by atoms with Crippen LogP contribution in [-0.2, 0) is 4.79 Å². The lowest BCUT2D eigenvalue weighted by atomic mass is 9.80. The van der Waals surface area contributed by atoms with Crippen molar-refractivity contribution < 1.29 is 18.3 Å².